The molecule has 132 valence electrons. The summed E-state index contributed by atoms with van der Waals surface area (Å²) in [5.41, 5.74) is 3.85. The minimum atomic E-state index is -0.587. The fourth-order valence-electron chi connectivity index (χ4n) is 2.34. The first-order valence-corrected chi connectivity index (χ1v) is 8.23. The zero-order chi connectivity index (χ0) is 18.2. The predicted octanol–water partition coefficient (Wildman–Crippen LogP) is 3.43. The Balaban J connectivity index is 1.76. The third-order valence-corrected chi connectivity index (χ3v) is 3.80. The van der Waals surface area contributed by atoms with Crippen LogP contribution in [-0.2, 0) is 20.7 Å². The van der Waals surface area contributed by atoms with E-state index in [1.807, 2.05) is 44.2 Å². The lowest BCUT2D eigenvalue weighted by molar-refractivity contribution is -0.149. The van der Waals surface area contributed by atoms with E-state index in [2.05, 4.69) is 12.2 Å². The zero-order valence-corrected chi connectivity index (χ0v) is 14.8. The highest BCUT2D eigenvalue weighted by Crippen LogP contribution is 2.19. The Morgan fingerprint density at radius 1 is 0.960 bits per heavy atom. The summed E-state index contributed by atoms with van der Waals surface area (Å²) in [6.07, 6.45) is 0.942. The second-order valence-electron chi connectivity index (χ2n) is 5.76. The molecule has 1 N–H and O–H groups in total. The van der Waals surface area contributed by atoms with Crippen LogP contribution in [0.5, 0.6) is 5.75 Å². The summed E-state index contributed by atoms with van der Waals surface area (Å²) in [6, 6.07) is 13.2. The molecule has 0 unspecified atom stereocenters. The van der Waals surface area contributed by atoms with Gasteiger partial charge in [0.05, 0.1) is 0 Å². The first-order chi connectivity index (χ1) is 12.0. The molecule has 0 aliphatic rings. The molecule has 1 amide bonds. The molecule has 0 atom stereocenters. The van der Waals surface area contributed by atoms with Crippen molar-refractivity contribution in [2.75, 3.05) is 18.5 Å². The zero-order valence-electron chi connectivity index (χ0n) is 14.8. The summed E-state index contributed by atoms with van der Waals surface area (Å²) in [5.74, 6) is -0.372. The van der Waals surface area contributed by atoms with Gasteiger partial charge in [-0.1, -0.05) is 37.3 Å². The first-order valence-electron chi connectivity index (χ1n) is 8.23. The third-order valence-electron chi connectivity index (χ3n) is 3.80. The molecule has 0 aliphatic carbocycles. The van der Waals surface area contributed by atoms with Crippen LogP contribution in [0.4, 0.5) is 5.69 Å². The summed E-state index contributed by atoms with van der Waals surface area (Å²) in [7, 11) is 0. The minimum Gasteiger partial charge on any atom is -0.482 e. The van der Waals surface area contributed by atoms with Crippen LogP contribution in [0.25, 0.3) is 0 Å². The Morgan fingerprint density at radius 2 is 1.60 bits per heavy atom. The Hall–Kier alpha value is -2.82. The van der Waals surface area contributed by atoms with E-state index in [-0.39, 0.29) is 19.1 Å². The van der Waals surface area contributed by atoms with E-state index in [0.29, 0.717) is 5.75 Å². The SMILES string of the molecule is CCc1ccc(OCC(=O)OCC(=O)Nc2c(C)cccc2C)cc1. The molecule has 0 fully saturated rings. The Morgan fingerprint density at radius 3 is 2.20 bits per heavy atom. The van der Waals surface area contributed by atoms with Crippen LogP contribution in [0.2, 0.25) is 0 Å². The van der Waals surface area contributed by atoms with Gasteiger partial charge in [-0.3, -0.25) is 4.79 Å². The van der Waals surface area contributed by atoms with E-state index in [9.17, 15) is 9.59 Å². The molecule has 0 radical (unpaired) electrons. The molecule has 0 aromatic heterocycles. The van der Waals surface area contributed by atoms with Crippen LogP contribution in [0.3, 0.4) is 0 Å². The van der Waals surface area contributed by atoms with Crippen LogP contribution >= 0.6 is 0 Å². The van der Waals surface area contributed by atoms with Crippen molar-refractivity contribution >= 4 is 17.6 Å². The molecular formula is C20H23NO4. The van der Waals surface area contributed by atoms with E-state index >= 15 is 0 Å². The molecular weight excluding hydrogens is 318 g/mol. The number of para-hydroxylation sites is 1. The predicted molar refractivity (Wildman–Crippen MR) is 96.8 cm³/mol. The van der Waals surface area contributed by atoms with Crippen molar-refractivity contribution in [2.45, 2.75) is 27.2 Å². The average molecular weight is 341 g/mol. The van der Waals surface area contributed by atoms with Gasteiger partial charge in [0.15, 0.2) is 13.2 Å². The number of carbonyl (C=O) groups is 2. The largest absolute Gasteiger partial charge is 0.482 e. The Bertz CT molecular complexity index is 718. The van der Waals surface area contributed by atoms with Gasteiger partial charge in [-0.2, -0.15) is 0 Å². The first kappa shape index (κ1) is 18.5. The van der Waals surface area contributed by atoms with Gasteiger partial charge in [0.25, 0.3) is 5.91 Å². The molecule has 0 bridgehead atoms. The number of amides is 1. The van der Waals surface area contributed by atoms with Crippen molar-refractivity contribution in [3.05, 3.63) is 59.2 Å². The fourth-order valence-corrected chi connectivity index (χ4v) is 2.34. The highest BCUT2D eigenvalue weighted by Gasteiger charge is 2.11. The van der Waals surface area contributed by atoms with Gasteiger partial charge in [-0.15, -0.1) is 0 Å². The van der Waals surface area contributed by atoms with E-state index < -0.39 is 5.97 Å². The molecule has 2 rings (SSSR count). The highest BCUT2D eigenvalue weighted by molar-refractivity contribution is 5.94. The van der Waals surface area contributed by atoms with Crippen molar-refractivity contribution in [1.82, 2.24) is 0 Å². The monoisotopic (exact) mass is 341 g/mol. The number of hydrogen-bond acceptors (Lipinski definition) is 4. The Kier molecular flexibility index (Phi) is 6.57. The number of aryl methyl sites for hydroxylation is 3. The summed E-state index contributed by atoms with van der Waals surface area (Å²) >= 11 is 0. The van der Waals surface area contributed by atoms with E-state index in [1.165, 1.54) is 5.56 Å². The maximum absolute atomic E-state index is 11.9. The molecule has 0 spiro atoms. The number of rotatable bonds is 7. The lowest BCUT2D eigenvalue weighted by Gasteiger charge is -2.12. The van der Waals surface area contributed by atoms with Gasteiger partial charge in [-0.05, 0) is 49.1 Å². The van der Waals surface area contributed by atoms with E-state index in [1.54, 1.807) is 12.1 Å². The standard InChI is InChI=1S/C20H23NO4/c1-4-16-8-10-17(11-9-16)24-13-19(23)25-12-18(22)21-20-14(2)6-5-7-15(20)3/h5-11H,4,12-13H2,1-3H3,(H,21,22). The second kappa shape index (κ2) is 8.87. The number of hydrogen-bond donors (Lipinski definition) is 1. The number of carbonyl (C=O) groups excluding carboxylic acids is 2. The van der Waals surface area contributed by atoms with Crippen molar-refractivity contribution < 1.29 is 19.1 Å². The summed E-state index contributed by atoms with van der Waals surface area (Å²) in [6.45, 7) is 5.31. The number of ether oxygens (including phenoxy) is 2. The van der Waals surface area contributed by atoms with Crippen molar-refractivity contribution in [3.63, 3.8) is 0 Å². The van der Waals surface area contributed by atoms with Crippen LogP contribution < -0.4 is 10.1 Å². The lowest BCUT2D eigenvalue weighted by Crippen LogP contribution is -2.24. The fraction of sp³-hybridized carbons (Fsp3) is 0.300. The molecule has 5 heteroatoms. The normalized spacial score (nSPS) is 10.2. The molecule has 2 aromatic rings. The molecule has 0 saturated carbocycles. The topological polar surface area (TPSA) is 64.6 Å². The molecule has 2 aromatic carbocycles. The van der Waals surface area contributed by atoms with Gasteiger partial charge in [0.2, 0.25) is 0 Å². The number of esters is 1. The van der Waals surface area contributed by atoms with Gasteiger partial charge in [-0.25, -0.2) is 4.79 Å². The lowest BCUT2D eigenvalue weighted by atomic mass is 10.1. The smallest absolute Gasteiger partial charge is 0.344 e. The van der Waals surface area contributed by atoms with Gasteiger partial charge in [0, 0.05) is 5.69 Å². The van der Waals surface area contributed by atoms with Crippen LogP contribution in [0, 0.1) is 13.8 Å². The average Bonchev–Trinajstić information content (AvgIpc) is 2.62. The summed E-state index contributed by atoms with van der Waals surface area (Å²) < 4.78 is 10.3. The summed E-state index contributed by atoms with van der Waals surface area (Å²) in [5, 5.41) is 2.76. The molecule has 25 heavy (non-hydrogen) atoms. The van der Waals surface area contributed by atoms with Crippen molar-refractivity contribution in [3.8, 4) is 5.75 Å². The maximum atomic E-state index is 11.9. The second-order valence-corrected chi connectivity index (χ2v) is 5.76. The van der Waals surface area contributed by atoms with Crippen LogP contribution in [-0.4, -0.2) is 25.1 Å². The molecule has 0 aliphatic heterocycles. The van der Waals surface area contributed by atoms with Crippen LogP contribution in [0.1, 0.15) is 23.6 Å². The number of benzene rings is 2. The van der Waals surface area contributed by atoms with Crippen molar-refractivity contribution in [2.24, 2.45) is 0 Å². The van der Waals surface area contributed by atoms with Gasteiger partial charge in [0.1, 0.15) is 5.75 Å². The highest BCUT2D eigenvalue weighted by atomic mass is 16.6. The number of anilines is 1. The maximum Gasteiger partial charge on any atom is 0.344 e. The minimum absolute atomic E-state index is 0.234. The van der Waals surface area contributed by atoms with Crippen molar-refractivity contribution in [1.29, 1.82) is 0 Å². The quantitative estimate of drug-likeness (QED) is 0.784. The van der Waals surface area contributed by atoms with Crippen LogP contribution in [0.15, 0.2) is 42.5 Å². The van der Waals surface area contributed by atoms with Gasteiger partial charge < -0.3 is 14.8 Å². The Labute approximate surface area is 148 Å². The molecule has 0 heterocycles. The summed E-state index contributed by atoms with van der Waals surface area (Å²) in [4.78, 5) is 23.6. The van der Waals surface area contributed by atoms with E-state index in [0.717, 1.165) is 23.2 Å². The molecule has 0 saturated heterocycles. The third kappa shape index (κ3) is 5.64. The van der Waals surface area contributed by atoms with Gasteiger partial charge >= 0.3 is 5.97 Å². The molecule has 5 nitrogen and oxygen atoms in total. The van der Waals surface area contributed by atoms with E-state index in [4.69, 9.17) is 9.47 Å². The number of nitrogens with one attached hydrogen (secondary N) is 1.